The topological polar surface area (TPSA) is 74.5 Å². The lowest BCUT2D eigenvalue weighted by atomic mass is 10.2. The molecule has 1 heterocycles. The molecule has 1 aromatic heterocycles. The van der Waals surface area contributed by atoms with Gasteiger partial charge in [-0.25, -0.2) is 4.79 Å². The van der Waals surface area contributed by atoms with E-state index in [4.69, 9.17) is 25.6 Å². The molecule has 27 heavy (non-hydrogen) atoms. The summed E-state index contributed by atoms with van der Waals surface area (Å²) in [6.07, 6.45) is 2.96. The average molecular weight is 385 g/mol. The van der Waals surface area contributed by atoms with Crippen molar-refractivity contribution in [2.24, 2.45) is 0 Å². The molecule has 0 N–H and O–H groups in total. The van der Waals surface area contributed by atoms with Crippen molar-refractivity contribution in [2.75, 3.05) is 6.61 Å². The summed E-state index contributed by atoms with van der Waals surface area (Å²) in [5.74, 6) is 0.693. The highest BCUT2D eigenvalue weighted by atomic mass is 35.5. The van der Waals surface area contributed by atoms with Crippen LogP contribution in [0.1, 0.15) is 18.4 Å². The molecule has 0 bridgehead atoms. The van der Waals surface area contributed by atoms with Crippen molar-refractivity contribution in [3.05, 3.63) is 71.1 Å². The Kier molecular flexibility index (Phi) is 6.22. The first-order valence-electron chi connectivity index (χ1n) is 8.31. The number of carbonyl (C=O) groups is 1. The SMILES string of the molecule is CCOc1ccccc1/C=C/C(=O)OCc1nc(-c2ccccc2Cl)no1. The van der Waals surface area contributed by atoms with E-state index in [1.807, 2.05) is 43.3 Å². The molecule has 0 radical (unpaired) electrons. The fraction of sp³-hybridized carbons (Fsp3) is 0.150. The Balaban J connectivity index is 1.59. The van der Waals surface area contributed by atoms with Gasteiger partial charge in [-0.05, 0) is 31.2 Å². The summed E-state index contributed by atoms with van der Waals surface area (Å²) in [7, 11) is 0. The molecule has 0 aliphatic heterocycles. The van der Waals surface area contributed by atoms with Crippen LogP contribution in [0.25, 0.3) is 17.5 Å². The van der Waals surface area contributed by atoms with E-state index >= 15 is 0 Å². The van der Waals surface area contributed by atoms with Crippen molar-refractivity contribution in [1.82, 2.24) is 10.1 Å². The second-order valence-electron chi connectivity index (χ2n) is 5.40. The molecule has 7 heteroatoms. The fourth-order valence-corrected chi connectivity index (χ4v) is 2.53. The van der Waals surface area contributed by atoms with Gasteiger partial charge in [0.25, 0.3) is 5.89 Å². The predicted octanol–water partition coefficient (Wildman–Crippen LogP) is 4.55. The van der Waals surface area contributed by atoms with E-state index in [1.54, 1.807) is 18.2 Å². The quantitative estimate of drug-likeness (QED) is 0.439. The van der Waals surface area contributed by atoms with E-state index in [1.165, 1.54) is 6.08 Å². The summed E-state index contributed by atoms with van der Waals surface area (Å²) < 4.78 is 15.7. The number of benzene rings is 2. The monoisotopic (exact) mass is 384 g/mol. The van der Waals surface area contributed by atoms with Crippen LogP contribution < -0.4 is 4.74 Å². The van der Waals surface area contributed by atoms with Gasteiger partial charge in [0, 0.05) is 17.2 Å². The van der Waals surface area contributed by atoms with Gasteiger partial charge in [0.15, 0.2) is 6.61 Å². The Bertz CT molecular complexity index is 952. The van der Waals surface area contributed by atoms with Crippen LogP contribution in [0.5, 0.6) is 5.75 Å². The largest absolute Gasteiger partial charge is 0.493 e. The number of para-hydroxylation sites is 1. The van der Waals surface area contributed by atoms with E-state index in [0.29, 0.717) is 28.8 Å². The zero-order valence-corrected chi connectivity index (χ0v) is 15.3. The van der Waals surface area contributed by atoms with Crippen LogP contribution in [-0.4, -0.2) is 22.7 Å². The third-order valence-electron chi connectivity index (χ3n) is 3.54. The highest BCUT2D eigenvalue weighted by Gasteiger charge is 2.12. The molecule has 0 saturated carbocycles. The van der Waals surface area contributed by atoms with E-state index in [0.717, 1.165) is 5.56 Å². The van der Waals surface area contributed by atoms with Gasteiger partial charge >= 0.3 is 5.97 Å². The van der Waals surface area contributed by atoms with Gasteiger partial charge in [-0.3, -0.25) is 0 Å². The fourth-order valence-electron chi connectivity index (χ4n) is 2.31. The first-order chi connectivity index (χ1) is 13.2. The summed E-state index contributed by atoms with van der Waals surface area (Å²) in [6.45, 7) is 2.31. The number of ether oxygens (including phenoxy) is 2. The summed E-state index contributed by atoms with van der Waals surface area (Å²) in [4.78, 5) is 16.1. The molecule has 0 aliphatic rings. The number of hydrogen-bond acceptors (Lipinski definition) is 6. The van der Waals surface area contributed by atoms with Crippen LogP contribution in [0.2, 0.25) is 5.02 Å². The molecule has 0 unspecified atom stereocenters. The number of carbonyl (C=O) groups excluding carboxylic acids is 1. The highest BCUT2D eigenvalue weighted by Crippen LogP contribution is 2.25. The first-order valence-corrected chi connectivity index (χ1v) is 8.69. The molecule has 3 rings (SSSR count). The Labute approximate surface area is 161 Å². The zero-order chi connectivity index (χ0) is 19.1. The lowest BCUT2D eigenvalue weighted by Gasteiger charge is -2.06. The third kappa shape index (κ3) is 4.95. The molecule has 0 aliphatic carbocycles. The first kappa shape index (κ1) is 18.7. The van der Waals surface area contributed by atoms with Crippen molar-refractivity contribution in [1.29, 1.82) is 0 Å². The Hall–Kier alpha value is -3.12. The Morgan fingerprint density at radius 1 is 1.19 bits per heavy atom. The number of halogens is 1. The second-order valence-corrected chi connectivity index (χ2v) is 5.81. The molecule has 0 spiro atoms. The van der Waals surface area contributed by atoms with Crippen LogP contribution in [0, 0.1) is 0 Å². The molecule has 138 valence electrons. The van der Waals surface area contributed by atoms with Crippen LogP contribution in [0.3, 0.4) is 0 Å². The molecular weight excluding hydrogens is 368 g/mol. The van der Waals surface area contributed by atoms with Gasteiger partial charge in [0.1, 0.15) is 5.75 Å². The molecule has 0 fully saturated rings. The van der Waals surface area contributed by atoms with Crippen LogP contribution in [-0.2, 0) is 16.1 Å². The van der Waals surface area contributed by atoms with E-state index in [9.17, 15) is 4.79 Å². The second kappa shape index (κ2) is 9.00. The van der Waals surface area contributed by atoms with Crippen LogP contribution in [0.15, 0.2) is 59.1 Å². The maximum Gasteiger partial charge on any atom is 0.331 e. The van der Waals surface area contributed by atoms with Gasteiger partial charge in [-0.15, -0.1) is 0 Å². The molecule has 0 amide bonds. The van der Waals surface area contributed by atoms with Crippen LogP contribution >= 0.6 is 11.6 Å². The Morgan fingerprint density at radius 3 is 2.78 bits per heavy atom. The minimum Gasteiger partial charge on any atom is -0.493 e. The predicted molar refractivity (Wildman–Crippen MR) is 101 cm³/mol. The highest BCUT2D eigenvalue weighted by molar-refractivity contribution is 6.33. The van der Waals surface area contributed by atoms with E-state index < -0.39 is 5.97 Å². The Morgan fingerprint density at radius 2 is 1.96 bits per heavy atom. The molecule has 0 saturated heterocycles. The van der Waals surface area contributed by atoms with Crippen molar-refractivity contribution in [3.8, 4) is 17.1 Å². The minimum atomic E-state index is -0.529. The normalized spacial score (nSPS) is 10.9. The number of rotatable bonds is 7. The van der Waals surface area contributed by atoms with E-state index in [-0.39, 0.29) is 12.5 Å². The lowest BCUT2D eigenvalue weighted by molar-refractivity contribution is -0.139. The smallest absolute Gasteiger partial charge is 0.331 e. The number of nitrogens with zero attached hydrogens (tertiary/aromatic N) is 2. The van der Waals surface area contributed by atoms with E-state index in [2.05, 4.69) is 10.1 Å². The lowest BCUT2D eigenvalue weighted by Crippen LogP contribution is -2.01. The molecular formula is C20H17ClN2O4. The maximum atomic E-state index is 11.9. The van der Waals surface area contributed by atoms with Crippen molar-refractivity contribution >= 4 is 23.6 Å². The minimum absolute atomic E-state index is 0.131. The van der Waals surface area contributed by atoms with Crippen molar-refractivity contribution in [2.45, 2.75) is 13.5 Å². The summed E-state index contributed by atoms with van der Waals surface area (Å²) in [5.41, 5.74) is 1.43. The zero-order valence-electron chi connectivity index (χ0n) is 14.6. The number of esters is 1. The number of hydrogen-bond donors (Lipinski definition) is 0. The standard InChI is InChI=1S/C20H17ClN2O4/c1-2-25-17-10-6-3-7-14(17)11-12-19(24)26-13-18-22-20(23-27-18)15-8-4-5-9-16(15)21/h3-12H,2,13H2,1H3/b12-11+. The van der Waals surface area contributed by atoms with Crippen molar-refractivity contribution < 1.29 is 18.8 Å². The van der Waals surface area contributed by atoms with Gasteiger partial charge in [-0.1, -0.05) is 47.1 Å². The van der Waals surface area contributed by atoms with Gasteiger partial charge in [0.2, 0.25) is 5.82 Å². The number of aromatic nitrogens is 2. The average Bonchev–Trinajstić information content (AvgIpc) is 3.15. The van der Waals surface area contributed by atoms with Gasteiger partial charge < -0.3 is 14.0 Å². The molecule has 3 aromatic rings. The van der Waals surface area contributed by atoms with Gasteiger partial charge in [0.05, 0.1) is 11.6 Å². The third-order valence-corrected chi connectivity index (χ3v) is 3.87. The molecule has 2 aromatic carbocycles. The summed E-state index contributed by atoms with van der Waals surface area (Å²) in [5, 5.41) is 4.37. The molecule has 6 nitrogen and oxygen atoms in total. The maximum absolute atomic E-state index is 11.9. The van der Waals surface area contributed by atoms with Crippen molar-refractivity contribution in [3.63, 3.8) is 0 Å². The van der Waals surface area contributed by atoms with Gasteiger partial charge in [-0.2, -0.15) is 4.98 Å². The molecule has 0 atom stereocenters. The summed E-state index contributed by atoms with van der Waals surface area (Å²) >= 11 is 6.10. The summed E-state index contributed by atoms with van der Waals surface area (Å²) in [6, 6.07) is 14.6. The van der Waals surface area contributed by atoms with Crippen LogP contribution in [0.4, 0.5) is 0 Å².